The van der Waals surface area contributed by atoms with Crippen LogP contribution in [0.25, 0.3) is 0 Å². The normalized spacial score (nSPS) is 13.1. The molecular formula is C22H26F3NO3S. The average Bonchev–Trinajstić information content (AvgIpc) is 3.04. The van der Waals surface area contributed by atoms with Crippen molar-refractivity contribution in [3.8, 4) is 0 Å². The van der Waals surface area contributed by atoms with Gasteiger partial charge in [0.05, 0.1) is 23.3 Å². The minimum Gasteiger partial charge on any atom is -0.462 e. The Labute approximate surface area is 178 Å². The highest BCUT2D eigenvalue weighted by molar-refractivity contribution is 7.16. The van der Waals surface area contributed by atoms with Crippen LogP contribution in [0.5, 0.6) is 0 Å². The number of benzene rings is 1. The van der Waals surface area contributed by atoms with E-state index in [1.807, 2.05) is 6.92 Å². The van der Waals surface area contributed by atoms with Crippen molar-refractivity contribution >= 4 is 28.2 Å². The lowest BCUT2D eigenvalue weighted by molar-refractivity contribution is -0.137. The van der Waals surface area contributed by atoms with E-state index >= 15 is 0 Å². The quantitative estimate of drug-likeness (QED) is 0.505. The lowest BCUT2D eigenvalue weighted by Gasteiger charge is -2.22. The molecule has 0 radical (unpaired) electrons. The van der Waals surface area contributed by atoms with Crippen LogP contribution in [-0.4, -0.2) is 18.5 Å². The Morgan fingerprint density at radius 2 is 1.77 bits per heavy atom. The van der Waals surface area contributed by atoms with Gasteiger partial charge in [0.2, 0.25) is 0 Å². The Morgan fingerprint density at radius 3 is 2.33 bits per heavy atom. The molecule has 1 heterocycles. The van der Waals surface area contributed by atoms with Gasteiger partial charge in [-0.15, -0.1) is 11.3 Å². The van der Waals surface area contributed by atoms with Crippen LogP contribution in [0.15, 0.2) is 30.3 Å². The first-order valence-corrected chi connectivity index (χ1v) is 10.4. The van der Waals surface area contributed by atoms with Gasteiger partial charge in [-0.1, -0.05) is 39.8 Å². The van der Waals surface area contributed by atoms with Crippen molar-refractivity contribution in [2.24, 2.45) is 5.41 Å². The maximum absolute atomic E-state index is 13.3. The van der Waals surface area contributed by atoms with E-state index in [0.29, 0.717) is 0 Å². The number of nitrogens with one attached hydrogen (secondary N) is 1. The van der Waals surface area contributed by atoms with Crippen LogP contribution in [0.4, 0.5) is 18.2 Å². The molecule has 0 saturated carbocycles. The Kier molecular flexibility index (Phi) is 7.34. The second-order valence-corrected chi connectivity index (χ2v) is 9.36. The van der Waals surface area contributed by atoms with E-state index in [1.165, 1.54) is 23.5 Å². The molecule has 1 atom stereocenters. The van der Waals surface area contributed by atoms with Crippen LogP contribution >= 0.6 is 11.3 Å². The Balaban J connectivity index is 2.41. The number of thiophene rings is 1. The highest BCUT2D eigenvalue weighted by atomic mass is 32.1. The zero-order valence-electron chi connectivity index (χ0n) is 17.6. The summed E-state index contributed by atoms with van der Waals surface area (Å²) in [6.45, 7) is 10.1. The fraction of sp³-hybridized carbons (Fsp3) is 0.455. The van der Waals surface area contributed by atoms with Crippen LogP contribution in [0.1, 0.15) is 78.1 Å². The molecule has 1 aromatic heterocycles. The summed E-state index contributed by atoms with van der Waals surface area (Å²) in [6.07, 6.45) is -3.83. The third kappa shape index (κ3) is 6.08. The van der Waals surface area contributed by atoms with Crippen LogP contribution in [0.3, 0.4) is 0 Å². The number of carbonyl (C=O) groups excluding carboxylic acids is 2. The summed E-state index contributed by atoms with van der Waals surface area (Å²) in [5.41, 5.74) is -1.34. The molecule has 0 spiro atoms. The first-order chi connectivity index (χ1) is 13.8. The van der Waals surface area contributed by atoms with Crippen molar-refractivity contribution in [1.29, 1.82) is 0 Å². The van der Waals surface area contributed by atoms with E-state index in [0.717, 1.165) is 23.4 Å². The van der Waals surface area contributed by atoms with Crippen molar-refractivity contribution in [2.75, 3.05) is 11.9 Å². The molecule has 30 heavy (non-hydrogen) atoms. The number of hydrogen-bond donors (Lipinski definition) is 1. The lowest BCUT2D eigenvalue weighted by atomic mass is 9.85. The molecule has 1 unspecified atom stereocenters. The summed E-state index contributed by atoms with van der Waals surface area (Å²) in [5, 5.41) is 2.68. The van der Waals surface area contributed by atoms with Gasteiger partial charge in [-0.25, -0.2) is 4.79 Å². The number of hydrogen-bond acceptors (Lipinski definition) is 4. The smallest absolute Gasteiger partial charge is 0.417 e. The van der Waals surface area contributed by atoms with E-state index in [9.17, 15) is 22.8 Å². The number of ether oxygens (including phenoxy) is 1. The number of carbonyl (C=O) groups is 2. The maximum Gasteiger partial charge on any atom is 0.417 e. The number of anilines is 1. The van der Waals surface area contributed by atoms with Gasteiger partial charge in [0.15, 0.2) is 0 Å². The first-order valence-electron chi connectivity index (χ1n) is 9.62. The maximum atomic E-state index is 13.3. The molecule has 1 N–H and O–H groups in total. The monoisotopic (exact) mass is 441 g/mol. The van der Waals surface area contributed by atoms with E-state index < -0.39 is 29.2 Å². The zero-order valence-corrected chi connectivity index (χ0v) is 18.5. The van der Waals surface area contributed by atoms with E-state index in [4.69, 9.17) is 4.74 Å². The predicted octanol–water partition coefficient (Wildman–Crippen LogP) is 6.74. The molecule has 0 bridgehead atoms. The number of amides is 1. The molecule has 8 heteroatoms. The van der Waals surface area contributed by atoms with Crippen molar-refractivity contribution in [3.63, 3.8) is 0 Å². The molecular weight excluding hydrogens is 415 g/mol. The summed E-state index contributed by atoms with van der Waals surface area (Å²) in [5.74, 6) is -1.45. The fourth-order valence-electron chi connectivity index (χ4n) is 3.22. The third-order valence-electron chi connectivity index (χ3n) is 4.35. The summed E-state index contributed by atoms with van der Waals surface area (Å²) in [7, 11) is 0. The summed E-state index contributed by atoms with van der Waals surface area (Å²) < 4.78 is 44.9. The van der Waals surface area contributed by atoms with Crippen LogP contribution in [0.2, 0.25) is 0 Å². The first kappa shape index (κ1) is 23.9. The number of alkyl halides is 3. The summed E-state index contributed by atoms with van der Waals surface area (Å²) in [6, 6.07) is 6.21. The SMILES string of the molecule is CCOC(=O)c1cc(C(C)CC(C)(C)C)sc1NC(=O)c1ccccc1C(F)(F)F. The van der Waals surface area contributed by atoms with E-state index in [1.54, 1.807) is 13.0 Å². The molecule has 0 fully saturated rings. The van der Waals surface area contributed by atoms with Gasteiger partial charge in [0, 0.05) is 4.88 Å². The molecule has 4 nitrogen and oxygen atoms in total. The minimum atomic E-state index is -4.67. The third-order valence-corrected chi connectivity index (χ3v) is 5.64. The zero-order chi connectivity index (χ0) is 22.7. The molecule has 2 aromatic rings. The van der Waals surface area contributed by atoms with Gasteiger partial charge in [-0.2, -0.15) is 13.2 Å². The van der Waals surface area contributed by atoms with Gasteiger partial charge < -0.3 is 10.1 Å². The van der Waals surface area contributed by atoms with Crippen LogP contribution in [-0.2, 0) is 10.9 Å². The number of esters is 1. The molecule has 1 amide bonds. The van der Waals surface area contributed by atoms with Crippen molar-refractivity contribution < 1.29 is 27.5 Å². The van der Waals surface area contributed by atoms with Crippen molar-refractivity contribution in [2.45, 2.75) is 53.1 Å². The molecule has 1 aromatic carbocycles. The minimum absolute atomic E-state index is 0.0442. The van der Waals surface area contributed by atoms with Crippen molar-refractivity contribution in [1.82, 2.24) is 0 Å². The number of rotatable bonds is 6. The Morgan fingerprint density at radius 1 is 1.13 bits per heavy atom. The molecule has 0 aliphatic carbocycles. The van der Waals surface area contributed by atoms with Crippen LogP contribution < -0.4 is 5.32 Å². The molecule has 0 saturated heterocycles. The van der Waals surface area contributed by atoms with Crippen LogP contribution in [0, 0.1) is 5.41 Å². The molecule has 2 rings (SSSR count). The Hall–Kier alpha value is -2.35. The van der Waals surface area contributed by atoms with E-state index in [-0.39, 0.29) is 28.5 Å². The summed E-state index contributed by atoms with van der Waals surface area (Å²) >= 11 is 1.18. The summed E-state index contributed by atoms with van der Waals surface area (Å²) in [4.78, 5) is 25.9. The standard InChI is InChI=1S/C22H26F3NO3S/c1-6-29-20(28)15-11-17(13(2)12-21(3,4)5)30-19(15)26-18(27)14-9-7-8-10-16(14)22(23,24)25/h7-11,13H,6,12H2,1-5H3,(H,26,27). The second kappa shape index (κ2) is 9.20. The average molecular weight is 442 g/mol. The fourth-order valence-corrected chi connectivity index (χ4v) is 4.32. The van der Waals surface area contributed by atoms with E-state index in [2.05, 4.69) is 26.1 Å². The van der Waals surface area contributed by atoms with Gasteiger partial charge >= 0.3 is 12.1 Å². The Bertz CT molecular complexity index is 913. The molecule has 0 aliphatic heterocycles. The van der Waals surface area contributed by atoms with Crippen molar-refractivity contribution in [3.05, 3.63) is 51.9 Å². The highest BCUT2D eigenvalue weighted by Gasteiger charge is 2.35. The highest BCUT2D eigenvalue weighted by Crippen LogP contribution is 2.39. The largest absolute Gasteiger partial charge is 0.462 e. The lowest BCUT2D eigenvalue weighted by Crippen LogP contribution is -2.19. The van der Waals surface area contributed by atoms with Gasteiger partial charge in [0.1, 0.15) is 5.00 Å². The van der Waals surface area contributed by atoms with Gasteiger partial charge in [-0.05, 0) is 42.9 Å². The molecule has 164 valence electrons. The van der Waals surface area contributed by atoms with Gasteiger partial charge in [-0.3, -0.25) is 4.79 Å². The second-order valence-electron chi connectivity index (χ2n) is 8.28. The molecule has 0 aliphatic rings. The topological polar surface area (TPSA) is 55.4 Å². The van der Waals surface area contributed by atoms with Gasteiger partial charge in [0.25, 0.3) is 5.91 Å². The number of halogens is 3. The predicted molar refractivity (Wildman–Crippen MR) is 112 cm³/mol.